The number of aromatic nitrogens is 4. The summed E-state index contributed by atoms with van der Waals surface area (Å²) in [4.78, 5) is 51.3. The van der Waals surface area contributed by atoms with Crippen LogP contribution in [0.5, 0.6) is 0 Å². The second kappa shape index (κ2) is 12.7. The van der Waals surface area contributed by atoms with E-state index in [1.54, 1.807) is 4.57 Å². The molecule has 7 atom stereocenters. The van der Waals surface area contributed by atoms with Gasteiger partial charge in [0, 0.05) is 32.8 Å². The second-order valence-corrected chi connectivity index (χ2v) is 12.4. The van der Waals surface area contributed by atoms with Crippen LogP contribution in [0, 0.1) is 6.92 Å². The molecule has 0 bridgehead atoms. The molecule has 3 N–H and O–H groups in total. The van der Waals surface area contributed by atoms with Crippen LogP contribution in [0.25, 0.3) is 32.7 Å². The number of aliphatic hydroxyl groups excluding tert-OH is 2. The van der Waals surface area contributed by atoms with Gasteiger partial charge in [0.05, 0.1) is 25.1 Å². The Kier molecular flexibility index (Phi) is 8.38. The van der Waals surface area contributed by atoms with Crippen molar-refractivity contribution in [3.05, 3.63) is 71.8 Å². The number of nitrogens with one attached hydrogen (secondary N) is 1. The lowest BCUT2D eigenvalue weighted by Gasteiger charge is -2.43. The number of esters is 3. The standard InChI is InChI=1S/C35H35N5O9/c1-16-11-20-7-5-6-8-21(20)22-9-10-23-28(27(16)22)29(32(47-18(3)43)33(48-19(4)44)31(23)46-17(2)42)39-34-30-35(37-14-36-34)40(15-38-30)26-12-24(45)25(13-41)49-26/h5-11,14-15,24-26,29,31-33,41,45H,12-13H2,1-4H3,(H,36,37,39)/t24-,25+,26+,29-,31+,32+,33-/m0/s1. The molecule has 0 radical (unpaired) electrons. The van der Waals surface area contributed by atoms with E-state index in [9.17, 15) is 24.6 Å². The lowest BCUT2D eigenvalue weighted by Crippen LogP contribution is -2.50. The Bertz CT molecular complexity index is 2120. The molecule has 1 aliphatic carbocycles. The number of benzene rings is 3. The van der Waals surface area contributed by atoms with Crippen LogP contribution in [0.1, 0.15) is 62.3 Å². The van der Waals surface area contributed by atoms with Gasteiger partial charge in [-0.2, -0.15) is 0 Å². The first kappa shape index (κ1) is 32.4. The number of imidazole rings is 1. The van der Waals surface area contributed by atoms with Gasteiger partial charge in [-0.05, 0) is 39.6 Å². The molecular formula is C35H35N5O9. The molecule has 2 aliphatic rings. The van der Waals surface area contributed by atoms with Crippen molar-refractivity contribution in [2.75, 3.05) is 11.9 Å². The smallest absolute Gasteiger partial charge is 0.303 e. The number of rotatable bonds is 7. The van der Waals surface area contributed by atoms with Gasteiger partial charge in [0.2, 0.25) is 0 Å². The van der Waals surface area contributed by atoms with Crippen molar-refractivity contribution in [2.45, 2.75) is 76.9 Å². The number of fused-ring (bicyclic) bond motifs is 6. The highest BCUT2D eigenvalue weighted by molar-refractivity contribution is 6.10. The quantitative estimate of drug-likeness (QED) is 0.130. The molecule has 0 saturated carbocycles. The molecule has 5 aromatic rings. The van der Waals surface area contributed by atoms with Gasteiger partial charge in [0.1, 0.15) is 18.7 Å². The number of aryl methyl sites for hydroxylation is 1. The predicted octanol–water partition coefficient (Wildman–Crippen LogP) is 3.72. The van der Waals surface area contributed by atoms with Crippen molar-refractivity contribution in [1.82, 2.24) is 19.5 Å². The van der Waals surface area contributed by atoms with Gasteiger partial charge in [0.25, 0.3) is 0 Å². The summed E-state index contributed by atoms with van der Waals surface area (Å²) >= 11 is 0. The Hall–Kier alpha value is -5.18. The maximum absolute atomic E-state index is 12.7. The monoisotopic (exact) mass is 669 g/mol. The fourth-order valence-electron chi connectivity index (χ4n) is 7.22. The highest BCUT2D eigenvalue weighted by Crippen LogP contribution is 2.48. The van der Waals surface area contributed by atoms with Gasteiger partial charge in [0.15, 0.2) is 35.3 Å². The van der Waals surface area contributed by atoms with E-state index in [1.807, 2.05) is 43.3 Å². The van der Waals surface area contributed by atoms with Gasteiger partial charge < -0.3 is 34.5 Å². The third-order valence-electron chi connectivity index (χ3n) is 9.11. The number of hydrogen-bond acceptors (Lipinski definition) is 13. The summed E-state index contributed by atoms with van der Waals surface area (Å²) in [5.41, 5.74) is 2.89. The molecule has 14 heteroatoms. The molecule has 1 aliphatic heterocycles. The SMILES string of the molecule is CC(=O)O[C@@H]1[C@H](OC(C)=O)[C@@H](Nc2ncnc3c2ncn3[C@H]2C[C@H](O)[C@@H](CO)O2)c2c(ccc3c2c(C)cc2ccccc23)[C@H]1OC(C)=O. The van der Waals surface area contributed by atoms with Crippen molar-refractivity contribution in [3.8, 4) is 0 Å². The van der Waals surface area contributed by atoms with Crippen LogP contribution in [0.2, 0.25) is 0 Å². The van der Waals surface area contributed by atoms with E-state index >= 15 is 0 Å². The van der Waals surface area contributed by atoms with Gasteiger partial charge in [-0.25, -0.2) is 15.0 Å². The average Bonchev–Trinajstić information content (AvgIpc) is 3.66. The molecule has 3 aromatic carbocycles. The lowest BCUT2D eigenvalue weighted by atomic mass is 9.77. The molecule has 7 rings (SSSR count). The summed E-state index contributed by atoms with van der Waals surface area (Å²) < 4.78 is 25.1. The first-order chi connectivity index (χ1) is 23.5. The predicted molar refractivity (Wildman–Crippen MR) is 175 cm³/mol. The van der Waals surface area contributed by atoms with Crippen LogP contribution in [0.3, 0.4) is 0 Å². The van der Waals surface area contributed by atoms with Gasteiger partial charge in [-0.3, -0.25) is 19.0 Å². The Morgan fingerprint density at radius 1 is 0.959 bits per heavy atom. The van der Waals surface area contributed by atoms with Crippen molar-refractivity contribution in [2.24, 2.45) is 0 Å². The van der Waals surface area contributed by atoms with E-state index in [0.717, 1.165) is 27.1 Å². The Labute approximate surface area is 280 Å². The molecular weight excluding hydrogens is 634 g/mol. The highest BCUT2D eigenvalue weighted by Gasteiger charge is 2.50. The van der Waals surface area contributed by atoms with Crippen molar-refractivity contribution in [1.29, 1.82) is 0 Å². The number of hydrogen-bond donors (Lipinski definition) is 3. The fourth-order valence-corrected chi connectivity index (χ4v) is 7.22. The van der Waals surface area contributed by atoms with E-state index in [2.05, 4.69) is 26.3 Å². The van der Waals surface area contributed by atoms with Crippen LogP contribution in [0.4, 0.5) is 5.82 Å². The molecule has 1 fully saturated rings. The summed E-state index contributed by atoms with van der Waals surface area (Å²) in [6.45, 7) is 5.38. The Morgan fingerprint density at radius 2 is 1.69 bits per heavy atom. The van der Waals surface area contributed by atoms with Crippen molar-refractivity contribution >= 4 is 56.4 Å². The number of aliphatic hydroxyl groups is 2. The molecule has 0 unspecified atom stereocenters. The first-order valence-corrected chi connectivity index (χ1v) is 15.9. The number of carbonyl (C=O) groups excluding carboxylic acids is 3. The zero-order valence-corrected chi connectivity index (χ0v) is 27.2. The van der Waals surface area contributed by atoms with Crippen LogP contribution < -0.4 is 5.32 Å². The van der Waals surface area contributed by atoms with E-state index in [1.165, 1.54) is 33.4 Å². The van der Waals surface area contributed by atoms with Crippen LogP contribution >= 0.6 is 0 Å². The highest BCUT2D eigenvalue weighted by atomic mass is 16.6. The number of nitrogens with zero attached hydrogens (tertiary/aromatic N) is 4. The average molecular weight is 670 g/mol. The molecule has 49 heavy (non-hydrogen) atoms. The number of anilines is 1. The van der Waals surface area contributed by atoms with Crippen LogP contribution in [-0.2, 0) is 33.3 Å². The van der Waals surface area contributed by atoms with Crippen molar-refractivity contribution in [3.63, 3.8) is 0 Å². The van der Waals surface area contributed by atoms with Crippen molar-refractivity contribution < 1.29 is 43.5 Å². The Morgan fingerprint density at radius 3 is 2.41 bits per heavy atom. The molecule has 1 saturated heterocycles. The van der Waals surface area contributed by atoms with Crippen LogP contribution in [-0.4, -0.2) is 78.7 Å². The summed E-state index contributed by atoms with van der Waals surface area (Å²) in [5, 5.41) is 27.2. The Balaban J connectivity index is 1.45. The van der Waals surface area contributed by atoms with Gasteiger partial charge >= 0.3 is 17.9 Å². The van der Waals surface area contributed by atoms with E-state index in [0.29, 0.717) is 22.3 Å². The molecule has 254 valence electrons. The molecule has 0 spiro atoms. The minimum Gasteiger partial charge on any atom is -0.456 e. The third kappa shape index (κ3) is 5.71. The summed E-state index contributed by atoms with van der Waals surface area (Å²) in [7, 11) is 0. The van der Waals surface area contributed by atoms with E-state index in [4.69, 9.17) is 18.9 Å². The topological polar surface area (TPSA) is 184 Å². The fraction of sp³-hybridized carbons (Fsp3) is 0.371. The van der Waals surface area contributed by atoms with E-state index < -0.39 is 60.7 Å². The normalized spacial score (nSPS) is 24.9. The molecule has 3 heterocycles. The zero-order valence-electron chi connectivity index (χ0n) is 27.2. The van der Waals surface area contributed by atoms with Crippen LogP contribution in [0.15, 0.2) is 55.1 Å². The van der Waals surface area contributed by atoms with E-state index in [-0.39, 0.29) is 18.8 Å². The molecule has 0 amide bonds. The zero-order chi connectivity index (χ0) is 34.6. The first-order valence-electron chi connectivity index (χ1n) is 15.9. The summed E-state index contributed by atoms with van der Waals surface area (Å²) in [6.07, 6.45) is -2.71. The molecule has 14 nitrogen and oxygen atoms in total. The van der Waals surface area contributed by atoms with Gasteiger partial charge in [-0.1, -0.05) is 42.5 Å². The summed E-state index contributed by atoms with van der Waals surface area (Å²) in [5.74, 6) is -1.64. The minimum absolute atomic E-state index is 0.217. The number of ether oxygens (including phenoxy) is 4. The minimum atomic E-state index is -1.23. The number of carbonyl (C=O) groups is 3. The maximum atomic E-state index is 12.7. The lowest BCUT2D eigenvalue weighted by molar-refractivity contribution is -0.187. The van der Waals surface area contributed by atoms with Gasteiger partial charge in [-0.15, -0.1) is 0 Å². The second-order valence-electron chi connectivity index (χ2n) is 12.4. The maximum Gasteiger partial charge on any atom is 0.303 e. The largest absolute Gasteiger partial charge is 0.456 e. The summed E-state index contributed by atoms with van der Waals surface area (Å²) in [6, 6.07) is 12.9. The molecule has 2 aromatic heterocycles. The third-order valence-corrected chi connectivity index (χ3v) is 9.11.